The van der Waals surface area contributed by atoms with Crippen molar-refractivity contribution in [1.82, 2.24) is 10.6 Å². The van der Waals surface area contributed by atoms with E-state index in [2.05, 4.69) is 27.5 Å². The lowest BCUT2D eigenvalue weighted by Crippen LogP contribution is -2.31. The zero-order chi connectivity index (χ0) is 23.6. The highest BCUT2D eigenvalue weighted by molar-refractivity contribution is 5.97. The smallest absolute Gasteiger partial charge is 0.270 e. The van der Waals surface area contributed by atoms with Crippen LogP contribution in [0.4, 0.5) is 8.78 Å². The second kappa shape index (κ2) is 12.1. The van der Waals surface area contributed by atoms with Crippen LogP contribution in [0, 0.1) is 0 Å². The van der Waals surface area contributed by atoms with Crippen molar-refractivity contribution in [2.45, 2.75) is 73.3 Å². The number of carbonyl (C=O) groups excluding carboxylic acids is 1. The lowest BCUT2D eigenvalue weighted by molar-refractivity contribution is -0.119. The monoisotopic (exact) mass is 432 g/mol. The van der Waals surface area contributed by atoms with E-state index in [1.165, 1.54) is 29.8 Å². The summed E-state index contributed by atoms with van der Waals surface area (Å²) in [6, 6.07) is 5.80. The molecule has 1 aromatic carbocycles. The molecule has 0 aliphatic heterocycles. The summed E-state index contributed by atoms with van der Waals surface area (Å²) in [4.78, 5) is 20.9. The van der Waals surface area contributed by atoms with Gasteiger partial charge < -0.3 is 10.6 Å². The maximum absolute atomic E-state index is 13.3. The van der Waals surface area contributed by atoms with E-state index in [9.17, 15) is 13.6 Å². The van der Waals surface area contributed by atoms with E-state index in [-0.39, 0.29) is 23.9 Å². The molecule has 0 aliphatic rings. The van der Waals surface area contributed by atoms with Gasteiger partial charge in [0.25, 0.3) is 5.92 Å². The number of halogens is 2. The second-order valence-corrected chi connectivity index (χ2v) is 7.80. The maximum Gasteiger partial charge on any atom is 0.270 e. The lowest BCUT2D eigenvalue weighted by Gasteiger charge is -2.14. The zero-order valence-electron chi connectivity index (χ0n) is 19.5. The summed E-state index contributed by atoms with van der Waals surface area (Å²) < 4.78 is 26.5. The second-order valence-electron chi connectivity index (χ2n) is 7.80. The molecule has 31 heavy (non-hydrogen) atoms. The third-order valence-corrected chi connectivity index (χ3v) is 4.71. The van der Waals surface area contributed by atoms with E-state index in [0.717, 1.165) is 24.8 Å². The Morgan fingerprint density at radius 3 is 2.26 bits per heavy atom. The summed E-state index contributed by atoms with van der Waals surface area (Å²) in [6.07, 6.45) is 4.58. The maximum atomic E-state index is 13.3. The number of nitrogens with zero attached hydrogens (tertiary/aromatic N) is 2. The van der Waals surface area contributed by atoms with Crippen LogP contribution < -0.4 is 10.6 Å². The topological polar surface area (TPSA) is 65.8 Å². The fourth-order valence-corrected chi connectivity index (χ4v) is 2.47. The highest BCUT2D eigenvalue weighted by Crippen LogP contribution is 2.26. The van der Waals surface area contributed by atoms with E-state index < -0.39 is 5.92 Å². The van der Waals surface area contributed by atoms with Gasteiger partial charge in [-0.25, -0.2) is 13.8 Å². The number of amidine groups is 1. The molecule has 0 heterocycles. The summed E-state index contributed by atoms with van der Waals surface area (Å²) >= 11 is 0. The van der Waals surface area contributed by atoms with Gasteiger partial charge in [0.05, 0.1) is 12.5 Å². The quantitative estimate of drug-likeness (QED) is 0.400. The van der Waals surface area contributed by atoms with Gasteiger partial charge in [-0.05, 0) is 46.6 Å². The molecule has 2 N–H and O–H groups in total. The van der Waals surface area contributed by atoms with Crippen LogP contribution in [0.25, 0.3) is 0 Å². The number of hydrogen-bond donors (Lipinski definition) is 2. The molecule has 0 saturated heterocycles. The minimum Gasteiger partial charge on any atom is -0.380 e. The fraction of sp³-hybridized carbons (Fsp3) is 0.458. The van der Waals surface area contributed by atoms with Crippen LogP contribution in [0.5, 0.6) is 0 Å². The van der Waals surface area contributed by atoms with Gasteiger partial charge >= 0.3 is 0 Å². The first-order valence-electron chi connectivity index (χ1n) is 10.4. The SMILES string of the molecule is CC/C(C)=C/N=C(C)C(C)N/C(C)=C/N=C(C)NC(=O)Cc1ccc(C(C)(F)F)cc1. The van der Waals surface area contributed by atoms with Crippen LogP contribution in [-0.4, -0.2) is 23.5 Å². The largest absolute Gasteiger partial charge is 0.380 e. The Balaban J connectivity index is 2.62. The van der Waals surface area contributed by atoms with E-state index in [1.54, 1.807) is 13.1 Å². The van der Waals surface area contributed by atoms with Gasteiger partial charge in [-0.15, -0.1) is 0 Å². The van der Waals surface area contributed by atoms with E-state index in [4.69, 9.17) is 0 Å². The standard InChI is InChI=1S/C24H34F2N4O/c1-8-16(2)14-27-18(4)19(5)29-17(3)15-28-20(6)30-23(31)13-21-9-11-22(12-10-21)24(7,25)26/h9-12,14-15,19,29H,8,13H2,1-7H3,(H,28,30,31)/b16-14+,17-15+,27-18?. The number of rotatable bonds is 9. The minimum atomic E-state index is -2.89. The van der Waals surface area contributed by atoms with Crippen molar-refractivity contribution in [3.63, 3.8) is 0 Å². The Labute approximate surface area is 184 Å². The third kappa shape index (κ3) is 10.2. The number of benzene rings is 1. The molecule has 1 unspecified atom stereocenters. The van der Waals surface area contributed by atoms with Gasteiger partial charge in [0.2, 0.25) is 5.91 Å². The molecule has 0 radical (unpaired) electrons. The highest BCUT2D eigenvalue weighted by Gasteiger charge is 2.23. The fourth-order valence-electron chi connectivity index (χ4n) is 2.47. The van der Waals surface area contributed by atoms with Gasteiger partial charge in [0, 0.05) is 36.3 Å². The molecule has 0 aromatic heterocycles. The van der Waals surface area contributed by atoms with Crippen LogP contribution in [-0.2, 0) is 17.1 Å². The van der Waals surface area contributed by atoms with Crippen molar-refractivity contribution in [2.75, 3.05) is 0 Å². The predicted octanol–water partition coefficient (Wildman–Crippen LogP) is 5.49. The van der Waals surface area contributed by atoms with Gasteiger partial charge in [0.1, 0.15) is 5.84 Å². The number of aliphatic imine (C=N–C) groups is 2. The summed E-state index contributed by atoms with van der Waals surface area (Å²) in [5.74, 6) is -2.71. The van der Waals surface area contributed by atoms with Crippen molar-refractivity contribution in [3.8, 4) is 0 Å². The molecule has 0 fully saturated rings. The minimum absolute atomic E-state index is 0.0423. The molecular formula is C24H34F2N4O. The molecule has 1 aromatic rings. The Morgan fingerprint density at radius 1 is 1.10 bits per heavy atom. The van der Waals surface area contributed by atoms with Crippen molar-refractivity contribution >= 4 is 17.5 Å². The number of alkyl halides is 2. The van der Waals surface area contributed by atoms with Crippen LogP contribution in [0.2, 0.25) is 0 Å². The summed E-state index contributed by atoms with van der Waals surface area (Å²) in [7, 11) is 0. The van der Waals surface area contributed by atoms with Crippen LogP contribution in [0.15, 0.2) is 57.9 Å². The van der Waals surface area contributed by atoms with Crippen molar-refractivity contribution in [3.05, 3.63) is 59.1 Å². The summed E-state index contributed by atoms with van der Waals surface area (Å²) in [5.41, 5.74) is 3.59. The summed E-state index contributed by atoms with van der Waals surface area (Å²) in [6.45, 7) is 12.5. The van der Waals surface area contributed by atoms with Gasteiger partial charge in [-0.2, -0.15) is 0 Å². The van der Waals surface area contributed by atoms with Gasteiger partial charge in [-0.3, -0.25) is 9.79 Å². The van der Waals surface area contributed by atoms with Crippen LogP contribution >= 0.6 is 0 Å². The average molecular weight is 433 g/mol. The van der Waals surface area contributed by atoms with Crippen LogP contribution in [0.3, 0.4) is 0 Å². The van der Waals surface area contributed by atoms with Crippen molar-refractivity contribution < 1.29 is 13.6 Å². The first-order valence-corrected chi connectivity index (χ1v) is 10.4. The average Bonchev–Trinajstić information content (AvgIpc) is 2.69. The molecule has 1 amide bonds. The van der Waals surface area contributed by atoms with E-state index in [1.807, 2.05) is 33.9 Å². The van der Waals surface area contributed by atoms with Crippen LogP contribution in [0.1, 0.15) is 66.0 Å². The highest BCUT2D eigenvalue weighted by atomic mass is 19.3. The number of nitrogens with one attached hydrogen (secondary N) is 2. The van der Waals surface area contributed by atoms with Crippen molar-refractivity contribution in [2.24, 2.45) is 9.98 Å². The molecule has 0 saturated carbocycles. The number of allylic oxidation sites excluding steroid dienone is 2. The molecule has 0 bridgehead atoms. The normalized spacial score (nSPS) is 15.0. The molecule has 1 rings (SSSR count). The summed E-state index contributed by atoms with van der Waals surface area (Å²) in [5, 5.41) is 6.01. The van der Waals surface area contributed by atoms with E-state index >= 15 is 0 Å². The molecule has 1 atom stereocenters. The zero-order valence-corrected chi connectivity index (χ0v) is 19.5. The first-order chi connectivity index (χ1) is 14.4. The first kappa shape index (κ1) is 26.2. The number of hydrogen-bond acceptors (Lipinski definition) is 4. The predicted molar refractivity (Wildman–Crippen MR) is 124 cm³/mol. The molecule has 0 aliphatic carbocycles. The van der Waals surface area contributed by atoms with E-state index in [0.29, 0.717) is 11.4 Å². The van der Waals surface area contributed by atoms with Gasteiger partial charge in [0.15, 0.2) is 0 Å². The van der Waals surface area contributed by atoms with Crippen molar-refractivity contribution in [1.29, 1.82) is 0 Å². The Hall–Kier alpha value is -2.83. The Bertz CT molecular complexity index is 863. The molecule has 0 spiro atoms. The van der Waals surface area contributed by atoms with Gasteiger partial charge in [-0.1, -0.05) is 36.8 Å². The Morgan fingerprint density at radius 2 is 1.71 bits per heavy atom. The molecule has 7 heteroatoms. The lowest BCUT2D eigenvalue weighted by atomic mass is 10.1. The molecular weight excluding hydrogens is 398 g/mol. The Kier molecular flexibility index (Phi) is 10.3. The third-order valence-electron chi connectivity index (χ3n) is 4.71. The number of amides is 1. The molecule has 5 nitrogen and oxygen atoms in total. The number of carbonyl (C=O) groups is 1. The molecule has 170 valence electrons.